The predicted molar refractivity (Wildman–Crippen MR) is 88.4 cm³/mol. The van der Waals surface area contributed by atoms with Crippen molar-refractivity contribution in [2.45, 2.75) is 26.5 Å². The molecule has 7 nitrogen and oxygen atoms in total. The van der Waals surface area contributed by atoms with E-state index in [-0.39, 0.29) is 31.0 Å². The summed E-state index contributed by atoms with van der Waals surface area (Å²) in [5.74, 6) is 0.666. The fourth-order valence-corrected chi connectivity index (χ4v) is 1.95. The number of rotatable bonds is 5. The van der Waals surface area contributed by atoms with Crippen molar-refractivity contribution in [3.05, 3.63) is 41.0 Å². The van der Waals surface area contributed by atoms with Crippen LogP contribution in [-0.2, 0) is 11.3 Å². The highest BCUT2D eigenvalue weighted by Crippen LogP contribution is 2.16. The first-order chi connectivity index (χ1) is 10.4. The van der Waals surface area contributed by atoms with Gasteiger partial charge >= 0.3 is 0 Å². The summed E-state index contributed by atoms with van der Waals surface area (Å²) in [7, 11) is 3.24. The van der Waals surface area contributed by atoms with Gasteiger partial charge in [0, 0.05) is 25.4 Å². The van der Waals surface area contributed by atoms with Gasteiger partial charge in [-0.1, -0.05) is 11.2 Å². The number of nitrogen functional groups attached to an aromatic ring is 1. The number of nitrogens with zero attached hydrogens (tertiary/aromatic N) is 3. The molecule has 126 valence electrons. The van der Waals surface area contributed by atoms with Crippen molar-refractivity contribution in [2.75, 3.05) is 19.9 Å². The summed E-state index contributed by atoms with van der Waals surface area (Å²) in [4.78, 5) is 18.2. The smallest absolute Gasteiger partial charge is 0.254 e. The number of aryl methyl sites for hydroxylation is 1. The molecule has 0 bridgehead atoms. The Kier molecular flexibility index (Phi) is 6.53. The van der Waals surface area contributed by atoms with E-state index in [1.165, 1.54) is 4.90 Å². The average molecular weight is 341 g/mol. The summed E-state index contributed by atoms with van der Waals surface area (Å²) in [5, 5.41) is 3.83. The van der Waals surface area contributed by atoms with Crippen LogP contribution in [0.25, 0.3) is 0 Å². The summed E-state index contributed by atoms with van der Waals surface area (Å²) in [6.07, 6.45) is -0.255. The van der Waals surface area contributed by atoms with Crippen LogP contribution in [0.5, 0.6) is 0 Å². The molecule has 1 amide bonds. The van der Waals surface area contributed by atoms with Gasteiger partial charge in [-0.05, 0) is 31.5 Å². The molecule has 1 unspecified atom stereocenters. The zero-order valence-corrected chi connectivity index (χ0v) is 14.4. The third kappa shape index (κ3) is 4.43. The highest BCUT2D eigenvalue weighted by atomic mass is 35.5. The first-order valence-corrected chi connectivity index (χ1v) is 6.89. The second kappa shape index (κ2) is 7.94. The van der Waals surface area contributed by atoms with Gasteiger partial charge in [0.05, 0.1) is 6.54 Å². The van der Waals surface area contributed by atoms with Gasteiger partial charge in [-0.2, -0.15) is 4.98 Å². The maximum Gasteiger partial charge on any atom is 0.254 e. The second-order valence-electron chi connectivity index (χ2n) is 5.16. The molecule has 1 atom stereocenters. The highest BCUT2D eigenvalue weighted by molar-refractivity contribution is 5.96. The molecule has 2 aromatic rings. The van der Waals surface area contributed by atoms with Gasteiger partial charge in [-0.15, -0.1) is 12.4 Å². The third-order valence-corrected chi connectivity index (χ3v) is 3.41. The summed E-state index contributed by atoms with van der Waals surface area (Å²) in [5.41, 5.74) is 7.73. The molecule has 0 radical (unpaired) electrons. The van der Waals surface area contributed by atoms with Crippen LogP contribution in [-0.4, -0.2) is 35.1 Å². The van der Waals surface area contributed by atoms with Crippen LogP contribution < -0.4 is 5.73 Å². The number of nitrogens with two attached hydrogens (primary N) is 1. The number of carbonyl (C=O) groups is 1. The zero-order valence-electron chi connectivity index (χ0n) is 13.6. The van der Waals surface area contributed by atoms with E-state index in [1.54, 1.807) is 26.3 Å². The Bertz CT molecular complexity index is 674. The monoisotopic (exact) mass is 340 g/mol. The number of carbonyl (C=O) groups excluding carboxylic acids is 1. The van der Waals surface area contributed by atoms with Crippen molar-refractivity contribution in [1.82, 2.24) is 15.0 Å². The van der Waals surface area contributed by atoms with Crippen molar-refractivity contribution in [1.29, 1.82) is 0 Å². The van der Waals surface area contributed by atoms with Crippen molar-refractivity contribution in [3.63, 3.8) is 0 Å². The van der Waals surface area contributed by atoms with E-state index in [9.17, 15) is 4.79 Å². The fourth-order valence-electron chi connectivity index (χ4n) is 1.95. The van der Waals surface area contributed by atoms with Gasteiger partial charge in [0.15, 0.2) is 5.82 Å². The normalized spacial score (nSPS) is 11.7. The lowest BCUT2D eigenvalue weighted by Gasteiger charge is -2.16. The average Bonchev–Trinajstić information content (AvgIpc) is 2.96. The number of anilines is 1. The van der Waals surface area contributed by atoms with Gasteiger partial charge in [0.1, 0.15) is 6.10 Å². The SMILES string of the molecule is COC(C)c1noc(CN(C)C(=O)c2cc(N)ccc2C)n1.Cl. The lowest BCUT2D eigenvalue weighted by Crippen LogP contribution is -2.27. The number of methoxy groups -OCH3 is 1. The zero-order chi connectivity index (χ0) is 16.3. The molecule has 0 saturated carbocycles. The molecule has 23 heavy (non-hydrogen) atoms. The Labute approximate surface area is 141 Å². The molecule has 1 aromatic heterocycles. The largest absolute Gasteiger partial charge is 0.399 e. The van der Waals surface area contributed by atoms with Crippen molar-refractivity contribution < 1.29 is 14.1 Å². The highest BCUT2D eigenvalue weighted by Gasteiger charge is 2.19. The molecular formula is C15H21ClN4O3. The van der Waals surface area contributed by atoms with Crippen LogP contribution in [0.4, 0.5) is 5.69 Å². The van der Waals surface area contributed by atoms with Gasteiger partial charge < -0.3 is 19.9 Å². The Morgan fingerprint density at radius 2 is 2.17 bits per heavy atom. The Balaban J connectivity index is 0.00000264. The number of halogens is 1. The van der Waals surface area contributed by atoms with E-state index in [1.807, 2.05) is 19.9 Å². The molecule has 0 aliphatic rings. The molecule has 0 fully saturated rings. The molecule has 0 saturated heterocycles. The number of benzene rings is 1. The first kappa shape index (κ1) is 18.9. The minimum atomic E-state index is -0.255. The predicted octanol–water partition coefficient (Wildman–Crippen LogP) is 2.36. The van der Waals surface area contributed by atoms with E-state index in [0.29, 0.717) is 23.0 Å². The van der Waals surface area contributed by atoms with Gasteiger partial charge in [0.25, 0.3) is 5.91 Å². The van der Waals surface area contributed by atoms with E-state index in [2.05, 4.69) is 10.1 Å². The molecule has 2 rings (SSSR count). The number of hydrogen-bond donors (Lipinski definition) is 1. The third-order valence-electron chi connectivity index (χ3n) is 3.41. The van der Waals surface area contributed by atoms with Crippen molar-refractivity contribution in [3.8, 4) is 0 Å². The summed E-state index contributed by atoms with van der Waals surface area (Å²) in [6, 6.07) is 5.25. The van der Waals surface area contributed by atoms with Crippen molar-refractivity contribution >= 4 is 24.0 Å². The van der Waals surface area contributed by atoms with Gasteiger partial charge in [0.2, 0.25) is 5.89 Å². The number of amides is 1. The lowest BCUT2D eigenvalue weighted by molar-refractivity contribution is 0.0768. The van der Waals surface area contributed by atoms with E-state index in [0.717, 1.165) is 5.56 Å². The topological polar surface area (TPSA) is 94.5 Å². The van der Waals surface area contributed by atoms with E-state index in [4.69, 9.17) is 15.0 Å². The van der Waals surface area contributed by atoms with E-state index < -0.39 is 0 Å². The number of aromatic nitrogens is 2. The van der Waals surface area contributed by atoms with Crippen LogP contribution in [0.1, 0.15) is 40.7 Å². The minimum absolute atomic E-state index is 0. The number of ether oxygens (including phenoxy) is 1. The Morgan fingerprint density at radius 1 is 1.48 bits per heavy atom. The molecule has 0 aliphatic carbocycles. The summed E-state index contributed by atoms with van der Waals surface area (Å²) in [6.45, 7) is 3.90. The molecule has 0 spiro atoms. The standard InChI is InChI=1S/C15H20N4O3.ClH/c1-9-5-6-11(16)7-12(9)15(20)19(3)8-13-17-14(18-22-13)10(2)21-4;/h5-7,10H,8,16H2,1-4H3;1H. The Morgan fingerprint density at radius 3 is 2.83 bits per heavy atom. The summed E-state index contributed by atoms with van der Waals surface area (Å²) < 4.78 is 10.3. The van der Waals surface area contributed by atoms with Crippen LogP contribution in [0.3, 0.4) is 0 Å². The second-order valence-corrected chi connectivity index (χ2v) is 5.16. The maximum absolute atomic E-state index is 12.5. The molecule has 8 heteroatoms. The first-order valence-electron chi connectivity index (χ1n) is 6.89. The molecule has 0 aliphatic heterocycles. The van der Waals surface area contributed by atoms with E-state index >= 15 is 0 Å². The quantitative estimate of drug-likeness (QED) is 0.839. The summed E-state index contributed by atoms with van der Waals surface area (Å²) >= 11 is 0. The van der Waals surface area contributed by atoms with Gasteiger partial charge in [-0.25, -0.2) is 0 Å². The maximum atomic E-state index is 12.5. The van der Waals surface area contributed by atoms with Crippen LogP contribution in [0.15, 0.2) is 22.7 Å². The lowest BCUT2D eigenvalue weighted by atomic mass is 10.1. The van der Waals surface area contributed by atoms with Crippen LogP contribution in [0.2, 0.25) is 0 Å². The van der Waals surface area contributed by atoms with Crippen LogP contribution in [0, 0.1) is 6.92 Å². The van der Waals surface area contributed by atoms with Crippen molar-refractivity contribution in [2.24, 2.45) is 0 Å². The molecule has 1 heterocycles. The van der Waals surface area contributed by atoms with Crippen LogP contribution >= 0.6 is 12.4 Å². The van der Waals surface area contributed by atoms with Gasteiger partial charge in [-0.3, -0.25) is 4.79 Å². The molecule has 1 aromatic carbocycles. The fraction of sp³-hybridized carbons (Fsp3) is 0.400. The molecule has 2 N–H and O–H groups in total. The minimum Gasteiger partial charge on any atom is -0.399 e. The molecular weight excluding hydrogens is 320 g/mol. The Hall–Kier alpha value is -2.12. The number of hydrogen-bond acceptors (Lipinski definition) is 6.